The standard InChI is InChI=1S/C12H25N3O.ClH/c16-10-9-14-5-7-15(8-6-14)11-12-3-1-2-4-13-12;/h12-13,16H,1-11H2;1H. The van der Waals surface area contributed by atoms with Gasteiger partial charge in [-0.1, -0.05) is 6.42 Å². The lowest BCUT2D eigenvalue weighted by Gasteiger charge is -2.37. The van der Waals surface area contributed by atoms with E-state index in [0.29, 0.717) is 6.61 Å². The van der Waals surface area contributed by atoms with Gasteiger partial charge in [0.2, 0.25) is 0 Å². The zero-order chi connectivity index (χ0) is 11.2. The Hall–Kier alpha value is 0.130. The van der Waals surface area contributed by atoms with E-state index in [9.17, 15) is 0 Å². The number of β-amino-alcohol motifs (C(OH)–C–C–N with tert-alkyl or cyclic N) is 1. The number of aliphatic hydroxyl groups is 1. The van der Waals surface area contributed by atoms with Crippen molar-refractivity contribution in [2.75, 3.05) is 52.4 Å². The van der Waals surface area contributed by atoms with E-state index < -0.39 is 0 Å². The second kappa shape index (κ2) is 8.27. The van der Waals surface area contributed by atoms with Crippen LogP contribution >= 0.6 is 12.4 Å². The van der Waals surface area contributed by atoms with Gasteiger partial charge >= 0.3 is 0 Å². The van der Waals surface area contributed by atoms with Crippen molar-refractivity contribution < 1.29 is 5.11 Å². The zero-order valence-corrected chi connectivity index (χ0v) is 11.4. The molecule has 2 N–H and O–H groups in total. The Balaban J connectivity index is 0.00000144. The predicted molar refractivity (Wildman–Crippen MR) is 72.9 cm³/mol. The molecule has 1 atom stereocenters. The molecule has 0 aromatic carbocycles. The van der Waals surface area contributed by atoms with Crippen molar-refractivity contribution >= 4 is 12.4 Å². The van der Waals surface area contributed by atoms with E-state index in [1.165, 1.54) is 32.4 Å². The van der Waals surface area contributed by atoms with Crippen molar-refractivity contribution in [3.63, 3.8) is 0 Å². The van der Waals surface area contributed by atoms with Crippen LogP contribution in [0.1, 0.15) is 19.3 Å². The molecular formula is C12H26ClN3O. The van der Waals surface area contributed by atoms with E-state index in [1.807, 2.05) is 0 Å². The molecule has 2 rings (SSSR count). The molecule has 0 spiro atoms. The summed E-state index contributed by atoms with van der Waals surface area (Å²) in [5.41, 5.74) is 0. The van der Waals surface area contributed by atoms with Crippen molar-refractivity contribution in [3.8, 4) is 0 Å². The Morgan fingerprint density at radius 3 is 2.35 bits per heavy atom. The Labute approximate surface area is 111 Å². The van der Waals surface area contributed by atoms with Gasteiger partial charge in [-0.2, -0.15) is 0 Å². The van der Waals surface area contributed by atoms with Crippen LogP contribution in [0.3, 0.4) is 0 Å². The maximum Gasteiger partial charge on any atom is 0.0558 e. The Morgan fingerprint density at radius 2 is 1.76 bits per heavy atom. The van der Waals surface area contributed by atoms with Gasteiger partial charge < -0.3 is 10.4 Å². The van der Waals surface area contributed by atoms with Gasteiger partial charge in [-0.05, 0) is 19.4 Å². The molecule has 5 heteroatoms. The maximum atomic E-state index is 8.88. The van der Waals surface area contributed by atoms with E-state index in [2.05, 4.69) is 15.1 Å². The molecule has 1 unspecified atom stereocenters. The average molecular weight is 264 g/mol. The highest BCUT2D eigenvalue weighted by molar-refractivity contribution is 5.85. The largest absolute Gasteiger partial charge is 0.395 e. The molecule has 4 nitrogen and oxygen atoms in total. The first-order chi connectivity index (χ1) is 7.88. The van der Waals surface area contributed by atoms with Crippen LogP contribution in [0.25, 0.3) is 0 Å². The summed E-state index contributed by atoms with van der Waals surface area (Å²) in [4.78, 5) is 4.92. The van der Waals surface area contributed by atoms with Gasteiger partial charge in [0.15, 0.2) is 0 Å². The summed E-state index contributed by atoms with van der Waals surface area (Å²) < 4.78 is 0. The molecule has 0 saturated carbocycles. The molecular weight excluding hydrogens is 238 g/mol. The number of hydrogen-bond donors (Lipinski definition) is 2. The van der Waals surface area contributed by atoms with Crippen molar-refractivity contribution in [1.29, 1.82) is 0 Å². The van der Waals surface area contributed by atoms with Crippen molar-refractivity contribution in [2.24, 2.45) is 0 Å². The summed E-state index contributed by atoms with van der Waals surface area (Å²) in [7, 11) is 0. The van der Waals surface area contributed by atoms with Crippen molar-refractivity contribution in [3.05, 3.63) is 0 Å². The second-order valence-electron chi connectivity index (χ2n) is 5.01. The molecule has 2 aliphatic rings. The maximum absolute atomic E-state index is 8.88. The number of piperazine rings is 1. The quantitative estimate of drug-likeness (QED) is 0.758. The smallest absolute Gasteiger partial charge is 0.0558 e. The van der Waals surface area contributed by atoms with Gasteiger partial charge in [0, 0.05) is 45.3 Å². The van der Waals surface area contributed by atoms with E-state index in [4.69, 9.17) is 5.11 Å². The molecule has 0 bridgehead atoms. The Morgan fingerprint density at radius 1 is 1.06 bits per heavy atom. The molecule has 0 aliphatic carbocycles. The third-order valence-corrected chi connectivity index (χ3v) is 3.77. The molecule has 0 amide bonds. The van der Waals surface area contributed by atoms with Crippen LogP contribution in [0.4, 0.5) is 0 Å². The Bertz CT molecular complexity index is 192. The summed E-state index contributed by atoms with van der Waals surface area (Å²) in [5.74, 6) is 0. The fraction of sp³-hybridized carbons (Fsp3) is 1.00. The summed E-state index contributed by atoms with van der Waals surface area (Å²) in [6, 6.07) is 0.721. The fourth-order valence-corrected chi connectivity index (χ4v) is 2.73. The lowest BCUT2D eigenvalue weighted by atomic mass is 10.0. The van der Waals surface area contributed by atoms with Crippen LogP contribution in [0, 0.1) is 0 Å². The molecule has 2 aliphatic heterocycles. The number of hydrogen-bond acceptors (Lipinski definition) is 4. The highest BCUT2D eigenvalue weighted by Crippen LogP contribution is 2.10. The first-order valence-electron chi connectivity index (χ1n) is 6.67. The molecule has 2 saturated heterocycles. The summed E-state index contributed by atoms with van der Waals surface area (Å²) in [6.45, 7) is 8.12. The zero-order valence-electron chi connectivity index (χ0n) is 10.6. The second-order valence-corrected chi connectivity index (χ2v) is 5.01. The monoisotopic (exact) mass is 263 g/mol. The minimum Gasteiger partial charge on any atom is -0.395 e. The molecule has 0 aromatic rings. The van der Waals surface area contributed by atoms with Gasteiger partial charge in [-0.15, -0.1) is 12.4 Å². The van der Waals surface area contributed by atoms with Crippen LogP contribution < -0.4 is 5.32 Å². The van der Waals surface area contributed by atoms with E-state index in [0.717, 1.165) is 38.8 Å². The van der Waals surface area contributed by atoms with Gasteiger partial charge in [0.05, 0.1) is 6.61 Å². The van der Waals surface area contributed by atoms with Crippen molar-refractivity contribution in [2.45, 2.75) is 25.3 Å². The summed E-state index contributed by atoms with van der Waals surface area (Å²) in [5, 5.41) is 12.5. The van der Waals surface area contributed by atoms with Gasteiger partial charge in [-0.25, -0.2) is 0 Å². The number of rotatable bonds is 4. The molecule has 17 heavy (non-hydrogen) atoms. The number of piperidine rings is 1. The van der Waals surface area contributed by atoms with Crippen LogP contribution in [-0.4, -0.2) is 73.4 Å². The third-order valence-electron chi connectivity index (χ3n) is 3.77. The molecule has 2 heterocycles. The van der Waals surface area contributed by atoms with Crippen LogP contribution in [-0.2, 0) is 0 Å². The topological polar surface area (TPSA) is 38.7 Å². The summed E-state index contributed by atoms with van der Waals surface area (Å²) >= 11 is 0. The molecule has 2 fully saturated rings. The normalized spacial score (nSPS) is 27.7. The number of aliphatic hydroxyl groups excluding tert-OH is 1. The van der Waals surface area contributed by atoms with Gasteiger partial charge in [-0.3, -0.25) is 9.80 Å². The van der Waals surface area contributed by atoms with E-state index >= 15 is 0 Å². The minimum absolute atomic E-state index is 0. The van der Waals surface area contributed by atoms with Crippen LogP contribution in [0.5, 0.6) is 0 Å². The average Bonchev–Trinajstić information content (AvgIpc) is 2.33. The lowest BCUT2D eigenvalue weighted by Crippen LogP contribution is -2.51. The Kier molecular flexibility index (Phi) is 7.39. The number of nitrogens with one attached hydrogen (secondary N) is 1. The predicted octanol–water partition coefficient (Wildman–Crippen LogP) is 0.160. The van der Waals surface area contributed by atoms with Crippen molar-refractivity contribution in [1.82, 2.24) is 15.1 Å². The molecule has 102 valence electrons. The number of halogens is 1. The number of nitrogens with zero attached hydrogens (tertiary/aromatic N) is 2. The van der Waals surface area contributed by atoms with Gasteiger partial charge in [0.25, 0.3) is 0 Å². The van der Waals surface area contributed by atoms with Gasteiger partial charge in [0.1, 0.15) is 0 Å². The molecule has 0 radical (unpaired) electrons. The third kappa shape index (κ3) is 5.10. The first-order valence-corrected chi connectivity index (χ1v) is 6.67. The lowest BCUT2D eigenvalue weighted by molar-refractivity contribution is 0.103. The van der Waals surface area contributed by atoms with Crippen LogP contribution in [0.2, 0.25) is 0 Å². The minimum atomic E-state index is 0. The summed E-state index contributed by atoms with van der Waals surface area (Å²) in [6.07, 6.45) is 4.08. The van der Waals surface area contributed by atoms with E-state index in [-0.39, 0.29) is 12.4 Å². The first kappa shape index (κ1) is 15.2. The van der Waals surface area contributed by atoms with Crippen LogP contribution in [0.15, 0.2) is 0 Å². The highest BCUT2D eigenvalue weighted by atomic mass is 35.5. The highest BCUT2D eigenvalue weighted by Gasteiger charge is 2.20. The SMILES string of the molecule is Cl.OCCN1CCN(CC2CCCCN2)CC1. The fourth-order valence-electron chi connectivity index (χ4n) is 2.73. The molecule has 0 aromatic heterocycles. The van der Waals surface area contributed by atoms with E-state index in [1.54, 1.807) is 0 Å².